The standard InChI is InChI=1S/C19H21N4O3/c1-22-11-4-5-15(17(22)18(20)25)21-19(26)13-7-9-14(10-8-13)23-12-3-2-6-16(23)24/h2-3,5-10,12,15,17H,4,11H2,1H3,(H2,20,25)(H,21,26). The van der Waals surface area contributed by atoms with Gasteiger partial charge in [-0.2, -0.15) is 0 Å². The lowest BCUT2D eigenvalue weighted by Gasteiger charge is -2.37. The van der Waals surface area contributed by atoms with E-state index in [0.717, 1.165) is 13.0 Å². The smallest absolute Gasteiger partial charge is 0.255 e. The Morgan fingerprint density at radius 1 is 1.15 bits per heavy atom. The SMILES string of the molecule is CN1CC[CH]C(NC(=O)c2ccc(-n3ccccc3=O)cc2)C1C(N)=O. The molecule has 26 heavy (non-hydrogen) atoms. The van der Waals surface area contributed by atoms with Crippen molar-refractivity contribution in [1.29, 1.82) is 0 Å². The van der Waals surface area contributed by atoms with E-state index < -0.39 is 18.0 Å². The molecule has 2 heterocycles. The van der Waals surface area contributed by atoms with Crippen molar-refractivity contribution in [2.45, 2.75) is 18.5 Å². The number of carbonyl (C=O) groups is 2. The monoisotopic (exact) mass is 353 g/mol. The zero-order chi connectivity index (χ0) is 18.7. The average molecular weight is 353 g/mol. The van der Waals surface area contributed by atoms with Crippen LogP contribution in [0.5, 0.6) is 0 Å². The van der Waals surface area contributed by atoms with Gasteiger partial charge in [0.05, 0.1) is 6.04 Å². The first kappa shape index (κ1) is 17.9. The number of rotatable bonds is 4. The van der Waals surface area contributed by atoms with Crippen molar-refractivity contribution < 1.29 is 9.59 Å². The molecule has 1 fully saturated rings. The predicted octanol–water partition coefficient (Wildman–Crippen LogP) is 0.330. The number of amides is 2. The van der Waals surface area contributed by atoms with E-state index in [4.69, 9.17) is 5.73 Å². The molecule has 2 amide bonds. The van der Waals surface area contributed by atoms with Crippen LogP contribution in [-0.2, 0) is 4.79 Å². The van der Waals surface area contributed by atoms with Crippen LogP contribution in [0.3, 0.4) is 0 Å². The molecule has 7 heteroatoms. The molecule has 1 saturated heterocycles. The van der Waals surface area contributed by atoms with Crippen molar-refractivity contribution in [1.82, 2.24) is 14.8 Å². The molecule has 3 rings (SSSR count). The van der Waals surface area contributed by atoms with Crippen molar-refractivity contribution in [2.75, 3.05) is 13.6 Å². The van der Waals surface area contributed by atoms with Gasteiger partial charge in [0.2, 0.25) is 5.91 Å². The maximum absolute atomic E-state index is 12.5. The van der Waals surface area contributed by atoms with E-state index in [1.807, 2.05) is 18.4 Å². The second-order valence-electron chi connectivity index (χ2n) is 6.31. The van der Waals surface area contributed by atoms with Crippen LogP contribution >= 0.6 is 0 Å². The van der Waals surface area contributed by atoms with Crippen LogP contribution in [0.25, 0.3) is 5.69 Å². The Hall–Kier alpha value is -2.93. The van der Waals surface area contributed by atoms with E-state index >= 15 is 0 Å². The largest absolute Gasteiger partial charge is 0.368 e. The third-order valence-corrected chi connectivity index (χ3v) is 4.54. The Labute approximate surface area is 151 Å². The summed E-state index contributed by atoms with van der Waals surface area (Å²) in [6.07, 6.45) is 4.34. The maximum atomic E-state index is 12.5. The summed E-state index contributed by atoms with van der Waals surface area (Å²) in [5, 5.41) is 2.86. The minimum atomic E-state index is -0.560. The van der Waals surface area contributed by atoms with Gasteiger partial charge >= 0.3 is 0 Å². The van der Waals surface area contributed by atoms with Gasteiger partial charge in [0.1, 0.15) is 6.04 Å². The summed E-state index contributed by atoms with van der Waals surface area (Å²) < 4.78 is 1.49. The molecule has 2 atom stereocenters. The Morgan fingerprint density at radius 2 is 1.88 bits per heavy atom. The summed E-state index contributed by atoms with van der Waals surface area (Å²) in [5.74, 6) is -0.757. The molecule has 1 aromatic heterocycles. The molecule has 3 N–H and O–H groups in total. The Morgan fingerprint density at radius 3 is 2.54 bits per heavy atom. The van der Waals surface area contributed by atoms with Gasteiger partial charge in [0.25, 0.3) is 11.5 Å². The highest BCUT2D eigenvalue weighted by atomic mass is 16.2. The molecular formula is C19H21N4O3. The van der Waals surface area contributed by atoms with Gasteiger partial charge in [0, 0.05) is 23.5 Å². The minimum Gasteiger partial charge on any atom is -0.368 e. The maximum Gasteiger partial charge on any atom is 0.255 e. The number of piperidine rings is 1. The van der Waals surface area contributed by atoms with Crippen LogP contribution in [0.4, 0.5) is 0 Å². The van der Waals surface area contributed by atoms with Gasteiger partial charge in [-0.1, -0.05) is 6.07 Å². The highest BCUT2D eigenvalue weighted by Gasteiger charge is 2.34. The second kappa shape index (κ2) is 7.53. The lowest BCUT2D eigenvalue weighted by atomic mass is 9.95. The van der Waals surface area contributed by atoms with Crippen LogP contribution in [0, 0.1) is 6.42 Å². The first-order valence-electron chi connectivity index (χ1n) is 8.39. The lowest BCUT2D eigenvalue weighted by molar-refractivity contribution is -0.123. The number of primary amides is 1. The van der Waals surface area contributed by atoms with Crippen LogP contribution in [0.2, 0.25) is 0 Å². The molecule has 135 valence electrons. The summed E-state index contributed by atoms with van der Waals surface area (Å²) in [5.41, 5.74) is 6.45. The van der Waals surface area contributed by atoms with Crippen molar-refractivity contribution in [3.05, 3.63) is 71.0 Å². The highest BCUT2D eigenvalue weighted by molar-refractivity contribution is 5.95. The summed E-state index contributed by atoms with van der Waals surface area (Å²) >= 11 is 0. The Balaban J connectivity index is 1.75. The average Bonchev–Trinajstić information content (AvgIpc) is 2.62. The molecule has 0 bridgehead atoms. The van der Waals surface area contributed by atoms with E-state index in [9.17, 15) is 14.4 Å². The molecule has 1 aliphatic heterocycles. The molecule has 1 radical (unpaired) electrons. The van der Waals surface area contributed by atoms with Crippen LogP contribution in [0.15, 0.2) is 53.5 Å². The van der Waals surface area contributed by atoms with E-state index in [2.05, 4.69) is 5.32 Å². The number of likely N-dealkylation sites (tertiary alicyclic amines) is 1. The van der Waals surface area contributed by atoms with Gasteiger partial charge in [-0.3, -0.25) is 23.9 Å². The minimum absolute atomic E-state index is 0.145. The Bertz CT molecular complexity index is 860. The fraction of sp³-hybridized carbons (Fsp3) is 0.263. The molecule has 0 aliphatic carbocycles. The topological polar surface area (TPSA) is 97.4 Å². The molecule has 2 unspecified atom stereocenters. The molecule has 1 aliphatic rings. The summed E-state index contributed by atoms with van der Waals surface area (Å²) in [4.78, 5) is 37.9. The number of likely N-dealkylation sites (N-methyl/N-ethyl adjacent to an activating group) is 1. The number of nitrogens with zero attached hydrogens (tertiary/aromatic N) is 2. The van der Waals surface area contributed by atoms with E-state index in [1.165, 1.54) is 10.6 Å². The van der Waals surface area contributed by atoms with Crippen LogP contribution in [-0.4, -0.2) is 47.0 Å². The number of nitrogens with one attached hydrogen (secondary N) is 1. The van der Waals surface area contributed by atoms with Gasteiger partial charge in [-0.15, -0.1) is 0 Å². The fourth-order valence-electron chi connectivity index (χ4n) is 3.18. The zero-order valence-electron chi connectivity index (χ0n) is 14.5. The van der Waals surface area contributed by atoms with Crippen molar-refractivity contribution in [3.63, 3.8) is 0 Å². The molecular weight excluding hydrogens is 332 g/mol. The molecule has 0 saturated carbocycles. The number of benzene rings is 1. The van der Waals surface area contributed by atoms with E-state index in [1.54, 1.807) is 42.6 Å². The Kier molecular flexibility index (Phi) is 5.18. The molecule has 2 aromatic rings. The first-order valence-corrected chi connectivity index (χ1v) is 8.39. The van der Waals surface area contributed by atoms with Gasteiger partial charge in [-0.25, -0.2) is 0 Å². The van der Waals surface area contributed by atoms with Crippen LogP contribution < -0.4 is 16.6 Å². The number of hydrogen-bond acceptors (Lipinski definition) is 4. The number of carbonyl (C=O) groups excluding carboxylic acids is 2. The number of nitrogens with two attached hydrogens (primary N) is 1. The van der Waals surface area contributed by atoms with E-state index in [-0.39, 0.29) is 11.5 Å². The van der Waals surface area contributed by atoms with Gasteiger partial charge < -0.3 is 11.1 Å². The summed E-state index contributed by atoms with van der Waals surface area (Å²) in [7, 11) is 1.81. The number of aromatic nitrogens is 1. The third kappa shape index (κ3) is 3.67. The van der Waals surface area contributed by atoms with Crippen LogP contribution in [0.1, 0.15) is 16.8 Å². The molecule has 7 nitrogen and oxygen atoms in total. The van der Waals surface area contributed by atoms with Gasteiger partial charge in [0.15, 0.2) is 0 Å². The van der Waals surface area contributed by atoms with Crippen molar-refractivity contribution in [2.24, 2.45) is 5.73 Å². The molecule has 1 aromatic carbocycles. The summed E-state index contributed by atoms with van der Waals surface area (Å²) in [6, 6.07) is 10.6. The fourth-order valence-corrected chi connectivity index (χ4v) is 3.18. The quantitative estimate of drug-likeness (QED) is 0.828. The number of pyridine rings is 1. The number of hydrogen-bond donors (Lipinski definition) is 2. The zero-order valence-corrected chi connectivity index (χ0v) is 14.5. The molecule has 0 spiro atoms. The summed E-state index contributed by atoms with van der Waals surface area (Å²) in [6.45, 7) is 0.723. The van der Waals surface area contributed by atoms with Crippen molar-refractivity contribution in [3.8, 4) is 5.69 Å². The van der Waals surface area contributed by atoms with Crippen molar-refractivity contribution >= 4 is 11.8 Å². The van der Waals surface area contributed by atoms with E-state index in [0.29, 0.717) is 11.3 Å². The van der Waals surface area contributed by atoms with Gasteiger partial charge in [-0.05, 0) is 56.8 Å². The third-order valence-electron chi connectivity index (χ3n) is 4.54. The predicted molar refractivity (Wildman–Crippen MR) is 97.8 cm³/mol. The first-order chi connectivity index (χ1) is 12.5. The normalized spacial score (nSPS) is 20.5. The second-order valence-corrected chi connectivity index (χ2v) is 6.31. The lowest BCUT2D eigenvalue weighted by Crippen LogP contribution is -2.59. The highest BCUT2D eigenvalue weighted by Crippen LogP contribution is 2.16.